The van der Waals surface area contributed by atoms with Crippen LogP contribution in [-0.4, -0.2) is 0 Å². The molecule has 1 nitrogen and oxygen atoms in total. The van der Waals surface area contributed by atoms with Gasteiger partial charge < -0.3 is 5.11 Å². The molecule has 1 aromatic carbocycles. The smallest absolute Gasteiger partial charge is 0.872 e. The minimum atomic E-state index is 0. The van der Waals surface area contributed by atoms with Gasteiger partial charge in [0.25, 0.3) is 0 Å². The predicted octanol–water partition coefficient (Wildman–Crippen LogP) is -1.62. The Bertz CT molecular complexity index is 200. The number of para-hydroxylation sites is 1. The van der Waals surface area contributed by atoms with Crippen molar-refractivity contribution in [3.05, 3.63) is 29.3 Å². The Morgan fingerprint density at radius 3 is 1.80 bits per heavy atom. The van der Waals surface area contributed by atoms with E-state index < -0.39 is 0 Å². The maximum absolute atomic E-state index is 11.0. The minimum absolute atomic E-state index is 0. The molecule has 0 saturated heterocycles. The molecule has 1 aromatic rings. The molecule has 10 heavy (non-hydrogen) atoms. The maximum Gasteiger partial charge on any atom is 1.00 e. The zero-order chi connectivity index (χ0) is 6.85. The van der Waals surface area contributed by atoms with Crippen molar-refractivity contribution in [2.45, 2.75) is 13.8 Å². The second-order valence-electron chi connectivity index (χ2n) is 2.22. The predicted molar refractivity (Wildman–Crippen MR) is 35.4 cm³/mol. The Hall–Kier alpha value is 0.825. The number of hydrogen-bond donors (Lipinski definition) is 0. The summed E-state index contributed by atoms with van der Waals surface area (Å²) in [6.07, 6.45) is 0. The van der Waals surface area contributed by atoms with Gasteiger partial charge >= 0.3 is 58.2 Å². The first kappa shape index (κ1) is 10.8. The van der Waals surface area contributed by atoms with E-state index in [9.17, 15) is 5.11 Å². The van der Waals surface area contributed by atoms with Crippen LogP contribution in [0.3, 0.4) is 0 Å². The molecule has 2 heteroatoms. The van der Waals surface area contributed by atoms with Crippen LogP contribution in [0.4, 0.5) is 0 Å². The summed E-state index contributed by atoms with van der Waals surface area (Å²) in [5, 5.41) is 11.0. The van der Waals surface area contributed by atoms with E-state index in [1.807, 2.05) is 32.0 Å². The third-order valence-corrected chi connectivity index (χ3v) is 1.41. The van der Waals surface area contributed by atoms with E-state index in [2.05, 4.69) is 0 Å². The minimum Gasteiger partial charge on any atom is -0.872 e. The van der Waals surface area contributed by atoms with Gasteiger partial charge in [-0.1, -0.05) is 29.3 Å². The molecule has 0 N–H and O–H groups in total. The first-order valence-electron chi connectivity index (χ1n) is 2.95. The first-order valence-corrected chi connectivity index (χ1v) is 2.95. The second-order valence-corrected chi connectivity index (χ2v) is 2.22. The van der Waals surface area contributed by atoms with Gasteiger partial charge in [0.2, 0.25) is 0 Å². The molecule has 0 bridgehead atoms. The number of benzene rings is 1. The zero-order valence-corrected chi connectivity index (χ0v) is 11.6. The van der Waals surface area contributed by atoms with E-state index >= 15 is 0 Å². The monoisotopic (exact) mass is 206 g/mol. The third-order valence-electron chi connectivity index (χ3n) is 1.41. The summed E-state index contributed by atoms with van der Waals surface area (Å²) in [6.45, 7) is 3.66. The van der Waals surface area contributed by atoms with E-state index in [-0.39, 0.29) is 63.9 Å². The molecule has 0 unspecified atom stereocenters. The molecule has 0 amide bonds. The molecular weight excluding hydrogens is 198 g/mol. The molecule has 0 aromatic heterocycles. The largest absolute Gasteiger partial charge is 1.00 e. The SMILES string of the molecule is Cc1cccc(C)c1[O-].[Rb+]. The molecule has 0 aliphatic heterocycles. The van der Waals surface area contributed by atoms with Crippen molar-refractivity contribution in [2.24, 2.45) is 0 Å². The summed E-state index contributed by atoms with van der Waals surface area (Å²) < 4.78 is 0. The van der Waals surface area contributed by atoms with Crippen molar-refractivity contribution in [3.8, 4) is 5.75 Å². The van der Waals surface area contributed by atoms with Crippen LogP contribution in [0.1, 0.15) is 11.1 Å². The second kappa shape index (κ2) is 4.65. The number of hydrogen-bond acceptors (Lipinski definition) is 1. The van der Waals surface area contributed by atoms with E-state index in [0.29, 0.717) is 0 Å². The van der Waals surface area contributed by atoms with Crippen LogP contribution in [0, 0.1) is 13.8 Å². The van der Waals surface area contributed by atoms with Crippen molar-refractivity contribution in [1.29, 1.82) is 0 Å². The van der Waals surface area contributed by atoms with E-state index in [4.69, 9.17) is 0 Å². The van der Waals surface area contributed by atoms with Crippen LogP contribution in [0.25, 0.3) is 0 Å². The molecule has 48 valence electrons. The van der Waals surface area contributed by atoms with Crippen LogP contribution in [0.2, 0.25) is 0 Å². The van der Waals surface area contributed by atoms with Gasteiger partial charge in [0, 0.05) is 0 Å². The Labute approximate surface area is 110 Å². The van der Waals surface area contributed by atoms with Crippen molar-refractivity contribution < 1.29 is 63.3 Å². The standard InChI is InChI=1S/C8H10O.Rb/c1-6-4-3-5-7(2)8(6)9;/h3-5,9H,1-2H3;/q;+1/p-1. The topological polar surface area (TPSA) is 23.1 Å². The molecular formula is C8H9ORb. The van der Waals surface area contributed by atoms with Crippen LogP contribution >= 0.6 is 0 Å². The van der Waals surface area contributed by atoms with Crippen molar-refractivity contribution in [2.75, 3.05) is 0 Å². The summed E-state index contributed by atoms with van der Waals surface area (Å²) in [5.41, 5.74) is 1.66. The van der Waals surface area contributed by atoms with Crippen LogP contribution < -0.4 is 63.3 Å². The van der Waals surface area contributed by atoms with Gasteiger partial charge in [-0.3, -0.25) is 0 Å². The van der Waals surface area contributed by atoms with Gasteiger partial charge in [0.05, 0.1) is 0 Å². The summed E-state index contributed by atoms with van der Waals surface area (Å²) in [7, 11) is 0. The van der Waals surface area contributed by atoms with Crippen LogP contribution in [0.15, 0.2) is 18.2 Å². The average molecular weight is 207 g/mol. The summed E-state index contributed by atoms with van der Waals surface area (Å²) in [6, 6.07) is 5.55. The van der Waals surface area contributed by atoms with Gasteiger partial charge in [0.15, 0.2) is 0 Å². The Kier molecular flexibility index (Phi) is 5.04. The fourth-order valence-corrected chi connectivity index (χ4v) is 0.799. The van der Waals surface area contributed by atoms with E-state index in [1.54, 1.807) is 0 Å². The quantitative estimate of drug-likeness (QED) is 0.501. The van der Waals surface area contributed by atoms with Gasteiger partial charge in [-0.25, -0.2) is 0 Å². The molecule has 0 heterocycles. The fraction of sp³-hybridized carbons (Fsp3) is 0.250. The molecule has 0 atom stereocenters. The molecule has 1 rings (SSSR count). The van der Waals surface area contributed by atoms with Gasteiger partial charge in [-0.05, 0) is 13.8 Å². The van der Waals surface area contributed by atoms with E-state index in [0.717, 1.165) is 11.1 Å². The van der Waals surface area contributed by atoms with Gasteiger partial charge in [-0.2, -0.15) is 0 Å². The molecule has 0 radical (unpaired) electrons. The fourth-order valence-electron chi connectivity index (χ4n) is 0.799. The van der Waals surface area contributed by atoms with E-state index in [1.165, 1.54) is 0 Å². The van der Waals surface area contributed by atoms with Crippen LogP contribution in [0.5, 0.6) is 5.75 Å². The van der Waals surface area contributed by atoms with Crippen molar-refractivity contribution >= 4 is 0 Å². The Morgan fingerprint density at radius 1 is 1.10 bits per heavy atom. The maximum atomic E-state index is 11.0. The Morgan fingerprint density at radius 2 is 1.50 bits per heavy atom. The number of rotatable bonds is 0. The summed E-state index contributed by atoms with van der Waals surface area (Å²) in [4.78, 5) is 0. The number of aryl methyl sites for hydroxylation is 2. The average Bonchev–Trinajstić information content (AvgIpc) is 1.83. The van der Waals surface area contributed by atoms with Crippen LogP contribution in [-0.2, 0) is 0 Å². The molecule has 0 spiro atoms. The van der Waals surface area contributed by atoms with Crippen molar-refractivity contribution in [3.63, 3.8) is 0 Å². The van der Waals surface area contributed by atoms with Gasteiger partial charge in [0.1, 0.15) is 0 Å². The van der Waals surface area contributed by atoms with Crippen molar-refractivity contribution in [1.82, 2.24) is 0 Å². The zero-order valence-electron chi connectivity index (χ0n) is 6.64. The molecule has 0 aliphatic carbocycles. The molecule has 0 aliphatic rings. The normalized spacial score (nSPS) is 8.60. The third kappa shape index (κ3) is 2.46. The van der Waals surface area contributed by atoms with Gasteiger partial charge in [-0.15, -0.1) is 5.75 Å². The summed E-state index contributed by atoms with van der Waals surface area (Å²) >= 11 is 0. The Balaban J connectivity index is 0.000000810. The molecule has 0 fully saturated rings. The summed E-state index contributed by atoms with van der Waals surface area (Å²) in [5.74, 6) is 0.164. The first-order chi connectivity index (χ1) is 4.22. The molecule has 0 saturated carbocycles.